The Hall–Kier alpha value is -3.02. The predicted molar refractivity (Wildman–Crippen MR) is 101 cm³/mol. The van der Waals surface area contributed by atoms with Crippen LogP contribution < -0.4 is 14.2 Å². The van der Waals surface area contributed by atoms with E-state index in [9.17, 15) is 0 Å². The molecule has 6 nitrogen and oxygen atoms in total. The predicted octanol–water partition coefficient (Wildman–Crippen LogP) is 3.89. The third-order valence-electron chi connectivity index (χ3n) is 4.38. The van der Waals surface area contributed by atoms with Gasteiger partial charge in [-0.1, -0.05) is 22.9 Å². The molecule has 0 aliphatic carbocycles. The molecule has 0 radical (unpaired) electrons. The minimum Gasteiger partial charge on any atom is -0.493 e. The maximum atomic E-state index is 5.46. The lowest BCUT2D eigenvalue weighted by molar-refractivity contribution is 0.324. The van der Waals surface area contributed by atoms with Crippen molar-refractivity contribution in [3.8, 4) is 34.2 Å². The van der Waals surface area contributed by atoms with Crippen LogP contribution >= 0.6 is 0 Å². The van der Waals surface area contributed by atoms with Gasteiger partial charge >= 0.3 is 0 Å². The van der Waals surface area contributed by atoms with Crippen LogP contribution in [0.4, 0.5) is 0 Å². The summed E-state index contributed by atoms with van der Waals surface area (Å²) >= 11 is 0. The van der Waals surface area contributed by atoms with Gasteiger partial charge in [0.15, 0.2) is 11.5 Å². The van der Waals surface area contributed by atoms with Gasteiger partial charge in [0.2, 0.25) is 5.75 Å². The summed E-state index contributed by atoms with van der Waals surface area (Å²) in [5.74, 6) is 1.68. The van der Waals surface area contributed by atoms with E-state index >= 15 is 0 Å². The number of aromatic nitrogens is 3. The molecule has 3 aromatic rings. The van der Waals surface area contributed by atoms with Crippen LogP contribution in [-0.2, 0) is 0 Å². The van der Waals surface area contributed by atoms with Gasteiger partial charge in [-0.3, -0.25) is 0 Å². The number of ether oxygens (including phenoxy) is 3. The summed E-state index contributed by atoms with van der Waals surface area (Å²) in [7, 11) is 4.77. The maximum Gasteiger partial charge on any atom is 0.203 e. The highest BCUT2D eigenvalue weighted by molar-refractivity contribution is 5.70. The molecule has 0 spiro atoms. The molecule has 0 bridgehead atoms. The Labute approximate surface area is 153 Å². The molecule has 0 fully saturated rings. The molecular weight excluding hydrogens is 330 g/mol. The fourth-order valence-electron chi connectivity index (χ4n) is 3.37. The van der Waals surface area contributed by atoms with Crippen molar-refractivity contribution in [2.24, 2.45) is 0 Å². The first-order valence-electron chi connectivity index (χ1n) is 8.29. The second-order valence-corrected chi connectivity index (χ2v) is 6.19. The molecule has 0 saturated heterocycles. The Balaban J connectivity index is 2.22. The number of nitrogens with zero attached hydrogens (tertiary/aromatic N) is 3. The zero-order valence-corrected chi connectivity index (χ0v) is 16.0. The molecule has 0 N–H and O–H groups in total. The summed E-state index contributed by atoms with van der Waals surface area (Å²) < 4.78 is 18.1. The van der Waals surface area contributed by atoms with E-state index in [0.717, 1.165) is 16.9 Å². The summed E-state index contributed by atoms with van der Waals surface area (Å²) in [6.07, 6.45) is 1.77. The minimum absolute atomic E-state index is 0.545. The van der Waals surface area contributed by atoms with E-state index in [0.29, 0.717) is 17.2 Å². The van der Waals surface area contributed by atoms with Gasteiger partial charge in [0, 0.05) is 17.7 Å². The van der Waals surface area contributed by atoms with Gasteiger partial charge in [-0.25, -0.2) is 4.68 Å². The first kappa shape index (κ1) is 17.8. The molecule has 3 rings (SSSR count). The van der Waals surface area contributed by atoms with Crippen molar-refractivity contribution in [1.29, 1.82) is 0 Å². The van der Waals surface area contributed by atoms with Crippen molar-refractivity contribution < 1.29 is 14.2 Å². The Morgan fingerprint density at radius 2 is 1.38 bits per heavy atom. The SMILES string of the molecule is COc1cc(-n2nncc2-c2c(C)cc(C)cc2C)cc(OC)c1OC. The highest BCUT2D eigenvalue weighted by Gasteiger charge is 2.18. The summed E-state index contributed by atoms with van der Waals surface area (Å²) in [6, 6.07) is 8.04. The summed E-state index contributed by atoms with van der Waals surface area (Å²) in [4.78, 5) is 0. The molecular formula is C20H23N3O3. The molecule has 0 unspecified atom stereocenters. The van der Waals surface area contributed by atoms with E-state index in [2.05, 4.69) is 43.2 Å². The van der Waals surface area contributed by atoms with Gasteiger partial charge in [0.1, 0.15) is 0 Å². The van der Waals surface area contributed by atoms with Crippen LogP contribution in [0.15, 0.2) is 30.5 Å². The normalized spacial score (nSPS) is 10.7. The fourth-order valence-corrected chi connectivity index (χ4v) is 3.37. The van der Waals surface area contributed by atoms with Crippen molar-refractivity contribution in [3.05, 3.63) is 47.2 Å². The average Bonchev–Trinajstić information content (AvgIpc) is 3.08. The first-order chi connectivity index (χ1) is 12.5. The molecule has 26 heavy (non-hydrogen) atoms. The second-order valence-electron chi connectivity index (χ2n) is 6.19. The molecule has 1 aromatic heterocycles. The van der Waals surface area contributed by atoms with Gasteiger partial charge in [0.25, 0.3) is 0 Å². The van der Waals surface area contributed by atoms with E-state index in [-0.39, 0.29) is 0 Å². The summed E-state index contributed by atoms with van der Waals surface area (Å²) in [6.45, 7) is 6.29. The lowest BCUT2D eigenvalue weighted by atomic mass is 9.97. The molecule has 0 amide bonds. The molecule has 1 heterocycles. The molecule has 0 aliphatic heterocycles. The van der Waals surface area contributed by atoms with Crippen LogP contribution in [0.25, 0.3) is 16.9 Å². The average molecular weight is 353 g/mol. The Kier molecular flexibility index (Phi) is 4.84. The third kappa shape index (κ3) is 2.98. The monoisotopic (exact) mass is 353 g/mol. The molecule has 0 atom stereocenters. The molecule has 0 saturated carbocycles. The van der Waals surface area contributed by atoms with Crippen molar-refractivity contribution in [1.82, 2.24) is 15.0 Å². The first-order valence-corrected chi connectivity index (χ1v) is 8.29. The number of benzene rings is 2. The van der Waals surface area contributed by atoms with E-state index in [4.69, 9.17) is 14.2 Å². The minimum atomic E-state index is 0.545. The number of rotatable bonds is 5. The fraction of sp³-hybridized carbons (Fsp3) is 0.300. The highest BCUT2D eigenvalue weighted by Crippen LogP contribution is 2.40. The van der Waals surface area contributed by atoms with Crippen LogP contribution in [-0.4, -0.2) is 36.3 Å². The Morgan fingerprint density at radius 1 is 0.808 bits per heavy atom. The highest BCUT2D eigenvalue weighted by atomic mass is 16.5. The van der Waals surface area contributed by atoms with Crippen LogP contribution in [0.3, 0.4) is 0 Å². The number of aryl methyl sites for hydroxylation is 3. The quantitative estimate of drug-likeness (QED) is 0.696. The smallest absolute Gasteiger partial charge is 0.203 e. The van der Waals surface area contributed by atoms with Crippen molar-refractivity contribution >= 4 is 0 Å². The Morgan fingerprint density at radius 3 is 1.88 bits per heavy atom. The number of methoxy groups -OCH3 is 3. The second kappa shape index (κ2) is 7.07. The van der Waals surface area contributed by atoms with Crippen LogP contribution in [0.5, 0.6) is 17.2 Å². The molecule has 0 aliphatic rings. The van der Waals surface area contributed by atoms with Gasteiger partial charge in [0.05, 0.1) is 38.9 Å². The van der Waals surface area contributed by atoms with Gasteiger partial charge in [-0.05, 0) is 31.9 Å². The topological polar surface area (TPSA) is 58.4 Å². The lowest BCUT2D eigenvalue weighted by Crippen LogP contribution is -2.04. The van der Waals surface area contributed by atoms with E-state index in [1.54, 1.807) is 32.2 Å². The standard InChI is InChI=1S/C20H23N3O3/c1-12-7-13(2)19(14(3)8-12)16-11-21-22-23(16)15-9-17(24-4)20(26-6)18(10-15)25-5/h7-11H,1-6H3. The van der Waals surface area contributed by atoms with Gasteiger partial charge in [-0.15, -0.1) is 5.10 Å². The van der Waals surface area contributed by atoms with Gasteiger partial charge in [-0.2, -0.15) is 0 Å². The van der Waals surface area contributed by atoms with Crippen molar-refractivity contribution in [2.75, 3.05) is 21.3 Å². The molecule has 136 valence electrons. The van der Waals surface area contributed by atoms with Crippen LogP contribution in [0, 0.1) is 20.8 Å². The summed E-state index contributed by atoms with van der Waals surface area (Å²) in [5, 5.41) is 8.42. The number of hydrogen-bond acceptors (Lipinski definition) is 5. The zero-order chi connectivity index (χ0) is 18.8. The van der Waals surface area contributed by atoms with Crippen molar-refractivity contribution in [3.63, 3.8) is 0 Å². The third-order valence-corrected chi connectivity index (χ3v) is 4.38. The molecule has 2 aromatic carbocycles. The van der Waals surface area contributed by atoms with Crippen LogP contribution in [0.2, 0.25) is 0 Å². The van der Waals surface area contributed by atoms with Gasteiger partial charge < -0.3 is 14.2 Å². The largest absolute Gasteiger partial charge is 0.493 e. The van der Waals surface area contributed by atoms with Crippen LogP contribution in [0.1, 0.15) is 16.7 Å². The Bertz CT molecular complexity index is 899. The number of hydrogen-bond donors (Lipinski definition) is 0. The van der Waals surface area contributed by atoms with Crippen molar-refractivity contribution in [2.45, 2.75) is 20.8 Å². The summed E-state index contributed by atoms with van der Waals surface area (Å²) in [5.41, 5.74) is 6.41. The lowest BCUT2D eigenvalue weighted by Gasteiger charge is -2.16. The zero-order valence-electron chi connectivity index (χ0n) is 16.0. The van der Waals surface area contributed by atoms with E-state index in [1.807, 2.05) is 12.1 Å². The molecule has 6 heteroatoms. The van der Waals surface area contributed by atoms with E-state index < -0.39 is 0 Å². The van der Waals surface area contributed by atoms with E-state index in [1.165, 1.54) is 16.7 Å². The maximum absolute atomic E-state index is 5.46.